The Labute approximate surface area is 80.1 Å². The molecule has 2 heterocycles. The van der Waals surface area contributed by atoms with Crippen LogP contribution in [-0.2, 0) is 4.84 Å². The van der Waals surface area contributed by atoms with Gasteiger partial charge in [0, 0.05) is 11.8 Å². The maximum Gasteiger partial charge on any atom is 0.171 e. The summed E-state index contributed by atoms with van der Waals surface area (Å²) >= 11 is 5.80. The number of oxime groups is 1. The van der Waals surface area contributed by atoms with Gasteiger partial charge in [-0.1, -0.05) is 16.8 Å². The Morgan fingerprint density at radius 3 is 3.31 bits per heavy atom. The molecule has 0 spiro atoms. The van der Waals surface area contributed by atoms with Crippen molar-refractivity contribution < 1.29 is 9.57 Å². The third kappa shape index (κ3) is 1.33. The number of fused-ring (bicyclic) bond motifs is 1. The zero-order valence-corrected chi connectivity index (χ0v) is 7.71. The SMILES string of the molecule is CO/N=C1\COc2c1ccnc2Cl. The summed E-state index contributed by atoms with van der Waals surface area (Å²) in [6.45, 7) is 0.384. The molecule has 0 aliphatic carbocycles. The first-order valence-corrected chi connectivity index (χ1v) is 4.08. The quantitative estimate of drug-likeness (QED) is 0.507. The van der Waals surface area contributed by atoms with E-state index < -0.39 is 0 Å². The van der Waals surface area contributed by atoms with Crippen LogP contribution in [-0.4, -0.2) is 24.4 Å². The van der Waals surface area contributed by atoms with Crippen LogP contribution < -0.4 is 4.74 Å². The first kappa shape index (κ1) is 8.31. The molecule has 13 heavy (non-hydrogen) atoms. The van der Waals surface area contributed by atoms with Gasteiger partial charge in [0.1, 0.15) is 19.4 Å². The van der Waals surface area contributed by atoms with Gasteiger partial charge in [0.15, 0.2) is 10.9 Å². The van der Waals surface area contributed by atoms with Gasteiger partial charge < -0.3 is 9.57 Å². The van der Waals surface area contributed by atoms with E-state index >= 15 is 0 Å². The summed E-state index contributed by atoms with van der Waals surface area (Å²) in [5.41, 5.74) is 1.59. The number of aromatic nitrogens is 1. The molecule has 0 N–H and O–H groups in total. The van der Waals surface area contributed by atoms with Gasteiger partial charge in [-0.05, 0) is 6.07 Å². The largest absolute Gasteiger partial charge is 0.483 e. The van der Waals surface area contributed by atoms with E-state index in [1.807, 2.05) is 0 Å². The number of rotatable bonds is 1. The molecule has 1 aromatic rings. The Balaban J connectivity index is 2.49. The third-order valence-electron chi connectivity index (χ3n) is 1.73. The van der Waals surface area contributed by atoms with Gasteiger partial charge in [-0.15, -0.1) is 0 Å². The number of pyridine rings is 1. The average Bonchev–Trinajstić information content (AvgIpc) is 2.51. The summed E-state index contributed by atoms with van der Waals surface area (Å²) in [7, 11) is 1.49. The molecule has 0 bridgehead atoms. The van der Waals surface area contributed by atoms with Crippen molar-refractivity contribution in [3.8, 4) is 5.75 Å². The van der Waals surface area contributed by atoms with Crippen LogP contribution in [0.25, 0.3) is 0 Å². The van der Waals surface area contributed by atoms with Gasteiger partial charge in [-0.3, -0.25) is 0 Å². The van der Waals surface area contributed by atoms with E-state index in [2.05, 4.69) is 15.0 Å². The van der Waals surface area contributed by atoms with Crippen molar-refractivity contribution in [3.63, 3.8) is 0 Å². The standard InChI is InChI=1S/C8H7ClN2O2/c1-12-11-6-4-13-7-5(6)2-3-10-8(7)9/h2-3H,4H2,1H3/b11-6+. The summed E-state index contributed by atoms with van der Waals surface area (Å²) in [5.74, 6) is 0.583. The molecular formula is C8H7ClN2O2. The first-order valence-electron chi connectivity index (χ1n) is 3.70. The Bertz CT molecular complexity index is 365. The minimum atomic E-state index is 0.360. The lowest BCUT2D eigenvalue weighted by atomic mass is 10.2. The molecule has 5 heteroatoms. The molecule has 0 amide bonds. The molecule has 0 aromatic carbocycles. The molecule has 68 valence electrons. The van der Waals surface area contributed by atoms with Gasteiger partial charge >= 0.3 is 0 Å². The number of hydrogen-bond donors (Lipinski definition) is 0. The molecule has 0 fully saturated rings. The van der Waals surface area contributed by atoms with Crippen LogP contribution in [0.3, 0.4) is 0 Å². The fourth-order valence-electron chi connectivity index (χ4n) is 1.19. The predicted molar refractivity (Wildman–Crippen MR) is 48.3 cm³/mol. The highest BCUT2D eigenvalue weighted by Crippen LogP contribution is 2.31. The number of nitrogens with zero attached hydrogens (tertiary/aromatic N) is 2. The summed E-state index contributed by atoms with van der Waals surface area (Å²) in [6, 6.07) is 1.80. The summed E-state index contributed by atoms with van der Waals surface area (Å²) in [5, 5.41) is 4.17. The molecule has 0 radical (unpaired) electrons. The second-order valence-electron chi connectivity index (χ2n) is 2.49. The van der Waals surface area contributed by atoms with Crippen molar-refractivity contribution in [1.82, 2.24) is 4.98 Å². The maximum atomic E-state index is 5.80. The lowest BCUT2D eigenvalue weighted by Crippen LogP contribution is -2.02. The summed E-state index contributed by atoms with van der Waals surface area (Å²) < 4.78 is 5.29. The zero-order chi connectivity index (χ0) is 9.26. The molecule has 1 aliphatic heterocycles. The third-order valence-corrected chi connectivity index (χ3v) is 2.00. The van der Waals surface area contributed by atoms with Crippen LogP contribution in [0.15, 0.2) is 17.4 Å². The van der Waals surface area contributed by atoms with Crippen molar-refractivity contribution in [2.24, 2.45) is 5.16 Å². The summed E-state index contributed by atoms with van der Waals surface area (Å²) in [6.07, 6.45) is 1.61. The molecule has 0 saturated heterocycles. The Hall–Kier alpha value is -1.29. The van der Waals surface area contributed by atoms with Crippen molar-refractivity contribution in [2.45, 2.75) is 0 Å². The summed E-state index contributed by atoms with van der Waals surface area (Å²) in [4.78, 5) is 8.56. The molecule has 2 rings (SSSR count). The fraction of sp³-hybridized carbons (Fsp3) is 0.250. The Morgan fingerprint density at radius 1 is 1.69 bits per heavy atom. The highest BCUT2D eigenvalue weighted by Gasteiger charge is 2.22. The number of halogens is 1. The second-order valence-corrected chi connectivity index (χ2v) is 2.85. The average molecular weight is 199 g/mol. The Morgan fingerprint density at radius 2 is 2.54 bits per heavy atom. The number of hydrogen-bond acceptors (Lipinski definition) is 4. The van der Waals surface area contributed by atoms with Crippen LogP contribution in [0.5, 0.6) is 5.75 Å². The van der Waals surface area contributed by atoms with E-state index in [1.54, 1.807) is 12.3 Å². The molecule has 0 atom stereocenters. The van der Waals surface area contributed by atoms with E-state index in [1.165, 1.54) is 7.11 Å². The Kier molecular flexibility index (Phi) is 2.06. The van der Waals surface area contributed by atoms with Crippen LogP contribution in [0.2, 0.25) is 5.15 Å². The number of ether oxygens (including phenoxy) is 1. The van der Waals surface area contributed by atoms with Gasteiger partial charge in [0.25, 0.3) is 0 Å². The minimum absolute atomic E-state index is 0.360. The van der Waals surface area contributed by atoms with Crippen LogP contribution in [0, 0.1) is 0 Å². The normalized spacial score (nSPS) is 16.9. The van der Waals surface area contributed by atoms with Crippen LogP contribution >= 0.6 is 11.6 Å². The van der Waals surface area contributed by atoms with Crippen LogP contribution in [0.1, 0.15) is 5.56 Å². The first-order chi connectivity index (χ1) is 6.33. The molecule has 1 aliphatic rings. The van der Waals surface area contributed by atoms with Crippen molar-refractivity contribution in [3.05, 3.63) is 23.0 Å². The second kappa shape index (κ2) is 3.22. The topological polar surface area (TPSA) is 43.7 Å². The van der Waals surface area contributed by atoms with Gasteiger partial charge in [-0.2, -0.15) is 0 Å². The minimum Gasteiger partial charge on any atom is -0.483 e. The van der Waals surface area contributed by atoms with E-state index in [9.17, 15) is 0 Å². The smallest absolute Gasteiger partial charge is 0.171 e. The van der Waals surface area contributed by atoms with Gasteiger partial charge in [0.05, 0.1) is 0 Å². The van der Waals surface area contributed by atoms with E-state index in [4.69, 9.17) is 16.3 Å². The lowest BCUT2D eigenvalue weighted by molar-refractivity contribution is 0.211. The molecule has 0 unspecified atom stereocenters. The fourth-order valence-corrected chi connectivity index (χ4v) is 1.40. The van der Waals surface area contributed by atoms with E-state index in [-0.39, 0.29) is 0 Å². The van der Waals surface area contributed by atoms with Gasteiger partial charge in [0.2, 0.25) is 0 Å². The predicted octanol–water partition coefficient (Wildman–Crippen LogP) is 1.48. The van der Waals surface area contributed by atoms with Crippen molar-refractivity contribution in [1.29, 1.82) is 0 Å². The van der Waals surface area contributed by atoms with Gasteiger partial charge in [-0.25, -0.2) is 4.98 Å². The highest BCUT2D eigenvalue weighted by molar-refractivity contribution is 6.31. The van der Waals surface area contributed by atoms with E-state index in [0.29, 0.717) is 17.5 Å². The van der Waals surface area contributed by atoms with Crippen LogP contribution in [0.4, 0.5) is 0 Å². The monoisotopic (exact) mass is 198 g/mol. The highest BCUT2D eigenvalue weighted by atomic mass is 35.5. The molecule has 1 aromatic heterocycles. The zero-order valence-electron chi connectivity index (χ0n) is 6.95. The maximum absolute atomic E-state index is 5.80. The molecular weight excluding hydrogens is 192 g/mol. The lowest BCUT2D eigenvalue weighted by Gasteiger charge is -1.97. The van der Waals surface area contributed by atoms with E-state index in [0.717, 1.165) is 11.3 Å². The molecule has 4 nitrogen and oxygen atoms in total. The molecule has 0 saturated carbocycles. The van der Waals surface area contributed by atoms with Crippen molar-refractivity contribution in [2.75, 3.05) is 13.7 Å². The van der Waals surface area contributed by atoms with Crippen molar-refractivity contribution >= 4 is 17.3 Å².